The van der Waals surface area contributed by atoms with Gasteiger partial charge in [-0.1, -0.05) is 66.7 Å². The van der Waals surface area contributed by atoms with Crippen molar-refractivity contribution in [1.29, 1.82) is 0 Å². The molecule has 0 atom stereocenters. The van der Waals surface area contributed by atoms with E-state index in [2.05, 4.69) is 0 Å². The fraction of sp³-hybridized carbons (Fsp3) is 0. The summed E-state index contributed by atoms with van der Waals surface area (Å²) < 4.78 is 0. The van der Waals surface area contributed by atoms with Crippen LogP contribution in [0.3, 0.4) is 0 Å². The van der Waals surface area contributed by atoms with Crippen molar-refractivity contribution in [2.75, 3.05) is 5.73 Å². The first-order valence-corrected chi connectivity index (χ1v) is 7.67. The Morgan fingerprint density at radius 3 is 1.88 bits per heavy atom. The third-order valence-corrected chi connectivity index (χ3v) is 4.36. The minimum atomic E-state index is -1.21. The molecule has 0 amide bonds. The van der Waals surface area contributed by atoms with Crippen LogP contribution in [0.1, 0.15) is 10.4 Å². The summed E-state index contributed by atoms with van der Waals surface area (Å²) in [5, 5.41) is 15.5. The molecule has 0 aromatic heterocycles. The number of anilines is 1. The summed E-state index contributed by atoms with van der Waals surface area (Å²) in [6, 6.07) is 22.7. The maximum atomic E-state index is 11.7. The quantitative estimate of drug-likeness (QED) is 0.575. The molecule has 0 fully saturated rings. The highest BCUT2D eigenvalue weighted by Gasteiger charge is 2.16. The Morgan fingerprint density at radius 1 is 0.708 bits per heavy atom. The average Bonchev–Trinajstić information content (AvgIpc) is 2.61. The molecule has 3 heteroatoms. The molecule has 4 aromatic rings. The lowest BCUT2D eigenvalue weighted by molar-refractivity contribution is -0.254. The summed E-state index contributed by atoms with van der Waals surface area (Å²) in [6.07, 6.45) is 0. The van der Waals surface area contributed by atoms with E-state index >= 15 is 0 Å². The smallest absolute Gasteiger partial charge is 0.0721 e. The number of hydrogen-bond acceptors (Lipinski definition) is 3. The molecule has 0 saturated heterocycles. The Balaban J connectivity index is 2.23. The number of benzene rings is 4. The molecule has 24 heavy (non-hydrogen) atoms. The van der Waals surface area contributed by atoms with Gasteiger partial charge in [-0.05, 0) is 27.6 Å². The van der Waals surface area contributed by atoms with E-state index in [9.17, 15) is 9.90 Å². The van der Waals surface area contributed by atoms with E-state index in [1.54, 1.807) is 12.1 Å². The molecule has 0 aliphatic rings. The molecule has 0 aliphatic heterocycles. The van der Waals surface area contributed by atoms with Crippen molar-refractivity contribution < 1.29 is 9.90 Å². The van der Waals surface area contributed by atoms with Crippen molar-refractivity contribution in [1.82, 2.24) is 0 Å². The SMILES string of the molecule is Nc1ccc2ccccc2c1-c1c(C(=O)[O-])ccc2ccccc12. The Labute approximate surface area is 139 Å². The molecular formula is C21H14NO2-. The van der Waals surface area contributed by atoms with E-state index in [0.717, 1.165) is 27.1 Å². The summed E-state index contributed by atoms with van der Waals surface area (Å²) in [6.45, 7) is 0. The van der Waals surface area contributed by atoms with Crippen LogP contribution in [0.25, 0.3) is 32.7 Å². The summed E-state index contributed by atoms with van der Waals surface area (Å²) in [5.74, 6) is -1.21. The largest absolute Gasteiger partial charge is 0.545 e. The highest BCUT2D eigenvalue weighted by atomic mass is 16.4. The van der Waals surface area contributed by atoms with Crippen LogP contribution in [0.5, 0.6) is 0 Å². The van der Waals surface area contributed by atoms with Crippen LogP contribution in [-0.4, -0.2) is 5.97 Å². The van der Waals surface area contributed by atoms with Crippen LogP contribution in [0, 0.1) is 0 Å². The third kappa shape index (κ3) is 2.10. The molecule has 0 heterocycles. The van der Waals surface area contributed by atoms with Crippen molar-refractivity contribution >= 4 is 33.2 Å². The van der Waals surface area contributed by atoms with Gasteiger partial charge in [-0.3, -0.25) is 0 Å². The normalized spacial score (nSPS) is 11.0. The van der Waals surface area contributed by atoms with Crippen LogP contribution < -0.4 is 10.8 Å². The van der Waals surface area contributed by atoms with Crippen molar-refractivity contribution in [2.24, 2.45) is 0 Å². The van der Waals surface area contributed by atoms with Crippen molar-refractivity contribution in [3.05, 3.63) is 78.4 Å². The molecule has 0 unspecified atom stereocenters. The highest BCUT2D eigenvalue weighted by Crippen LogP contribution is 2.40. The fourth-order valence-electron chi connectivity index (χ4n) is 3.28. The second kappa shape index (κ2) is 5.39. The number of carbonyl (C=O) groups is 1. The molecule has 0 radical (unpaired) electrons. The first-order valence-electron chi connectivity index (χ1n) is 7.67. The molecule has 0 saturated carbocycles. The number of carboxylic acid groups (broad SMARTS) is 1. The average molecular weight is 312 g/mol. The number of aromatic carboxylic acids is 1. The molecule has 4 rings (SSSR count). The van der Waals surface area contributed by atoms with Gasteiger partial charge in [0.15, 0.2) is 0 Å². The number of rotatable bonds is 2. The van der Waals surface area contributed by atoms with E-state index < -0.39 is 5.97 Å². The van der Waals surface area contributed by atoms with Gasteiger partial charge < -0.3 is 15.6 Å². The third-order valence-electron chi connectivity index (χ3n) is 4.36. The summed E-state index contributed by atoms with van der Waals surface area (Å²) in [4.78, 5) is 11.7. The number of nitrogen functional groups attached to an aromatic ring is 1. The van der Waals surface area contributed by atoms with Crippen LogP contribution in [0.2, 0.25) is 0 Å². The van der Waals surface area contributed by atoms with E-state index in [1.165, 1.54) is 0 Å². The topological polar surface area (TPSA) is 66.2 Å². The molecule has 4 aromatic carbocycles. The summed E-state index contributed by atoms with van der Waals surface area (Å²) in [5.41, 5.74) is 8.32. The lowest BCUT2D eigenvalue weighted by Crippen LogP contribution is -2.23. The van der Waals surface area contributed by atoms with Gasteiger partial charge in [0, 0.05) is 22.4 Å². The molecule has 116 valence electrons. The zero-order chi connectivity index (χ0) is 16.7. The van der Waals surface area contributed by atoms with Gasteiger partial charge in [0.05, 0.1) is 5.97 Å². The van der Waals surface area contributed by atoms with E-state index in [-0.39, 0.29) is 5.56 Å². The predicted molar refractivity (Wildman–Crippen MR) is 95.6 cm³/mol. The van der Waals surface area contributed by atoms with Crippen molar-refractivity contribution in [3.8, 4) is 11.1 Å². The zero-order valence-electron chi connectivity index (χ0n) is 12.8. The van der Waals surface area contributed by atoms with Crippen LogP contribution in [0.4, 0.5) is 5.69 Å². The number of fused-ring (bicyclic) bond motifs is 2. The minimum Gasteiger partial charge on any atom is -0.545 e. The second-order valence-corrected chi connectivity index (χ2v) is 5.75. The predicted octanol–water partition coefficient (Wildman–Crippen LogP) is 3.61. The molecule has 3 nitrogen and oxygen atoms in total. The van der Waals surface area contributed by atoms with Crippen LogP contribution >= 0.6 is 0 Å². The zero-order valence-corrected chi connectivity index (χ0v) is 12.8. The van der Waals surface area contributed by atoms with Crippen molar-refractivity contribution in [3.63, 3.8) is 0 Å². The van der Waals surface area contributed by atoms with Crippen molar-refractivity contribution in [2.45, 2.75) is 0 Å². The molecule has 0 spiro atoms. The van der Waals surface area contributed by atoms with Gasteiger partial charge in [0.1, 0.15) is 0 Å². The van der Waals surface area contributed by atoms with Gasteiger partial charge >= 0.3 is 0 Å². The van der Waals surface area contributed by atoms with Crippen LogP contribution in [0.15, 0.2) is 72.8 Å². The maximum Gasteiger partial charge on any atom is 0.0721 e. The highest BCUT2D eigenvalue weighted by molar-refractivity contribution is 6.15. The summed E-state index contributed by atoms with van der Waals surface area (Å²) in [7, 11) is 0. The Hall–Kier alpha value is -3.33. The minimum absolute atomic E-state index is 0.150. The van der Waals surface area contributed by atoms with Gasteiger partial charge in [-0.2, -0.15) is 0 Å². The standard InChI is InChI=1S/C21H15NO2/c22-18-12-10-14-6-2-4-8-16(14)20(18)19-15-7-3-1-5-13(15)9-11-17(19)21(23)24/h1-12H,22H2,(H,23,24)/p-1. The van der Waals surface area contributed by atoms with Gasteiger partial charge in [-0.25, -0.2) is 0 Å². The van der Waals surface area contributed by atoms with E-state index in [0.29, 0.717) is 11.3 Å². The maximum absolute atomic E-state index is 11.7. The number of carboxylic acids is 1. The molecule has 0 aliphatic carbocycles. The molecule has 0 bridgehead atoms. The Kier molecular flexibility index (Phi) is 3.21. The molecular weight excluding hydrogens is 298 g/mol. The fourth-order valence-corrected chi connectivity index (χ4v) is 3.28. The lowest BCUT2D eigenvalue weighted by atomic mass is 9.89. The Bertz CT molecular complexity index is 1100. The first kappa shape index (κ1) is 14.3. The number of nitrogens with two attached hydrogens (primary N) is 1. The lowest BCUT2D eigenvalue weighted by Gasteiger charge is -2.18. The summed E-state index contributed by atoms with van der Waals surface area (Å²) >= 11 is 0. The van der Waals surface area contributed by atoms with Gasteiger partial charge in [-0.15, -0.1) is 0 Å². The van der Waals surface area contributed by atoms with Crippen LogP contribution in [-0.2, 0) is 0 Å². The second-order valence-electron chi connectivity index (χ2n) is 5.75. The Morgan fingerprint density at radius 2 is 1.25 bits per heavy atom. The molecule has 2 N–H and O–H groups in total. The van der Waals surface area contributed by atoms with E-state index in [4.69, 9.17) is 5.73 Å². The van der Waals surface area contributed by atoms with Gasteiger partial charge in [0.2, 0.25) is 0 Å². The first-order chi connectivity index (χ1) is 11.7. The number of carbonyl (C=O) groups excluding carboxylic acids is 1. The monoisotopic (exact) mass is 312 g/mol. The van der Waals surface area contributed by atoms with E-state index in [1.807, 2.05) is 60.7 Å². The van der Waals surface area contributed by atoms with Gasteiger partial charge in [0.25, 0.3) is 0 Å². The number of hydrogen-bond donors (Lipinski definition) is 1.